The zero-order valence-corrected chi connectivity index (χ0v) is 15.9. The SMILES string of the molecule is C=CCC1(OC(=O)C=C)CCC[Si](OC)(OC)C1(CCC)OC. The van der Waals surface area contributed by atoms with Gasteiger partial charge < -0.3 is 18.3 Å². The summed E-state index contributed by atoms with van der Waals surface area (Å²) < 4.78 is 23.9. The standard InChI is InChI=1S/C17H30O5Si/c1-7-11-16(22-15(18)9-3)13-10-14-23(20-5,21-6)17(16,19-4)12-8-2/h7,9H,1,3,8,10-14H2,2,4-6H3. The van der Waals surface area contributed by atoms with Crippen LogP contribution in [0.5, 0.6) is 0 Å². The van der Waals surface area contributed by atoms with Gasteiger partial charge in [0.2, 0.25) is 0 Å². The molecule has 2 atom stereocenters. The third-order valence-corrected chi connectivity index (χ3v) is 9.46. The van der Waals surface area contributed by atoms with Gasteiger partial charge in [-0.25, -0.2) is 4.79 Å². The van der Waals surface area contributed by atoms with Crippen molar-refractivity contribution < 1.29 is 23.1 Å². The van der Waals surface area contributed by atoms with Crippen molar-refractivity contribution in [2.45, 2.75) is 55.9 Å². The lowest BCUT2D eigenvalue weighted by atomic mass is 9.83. The van der Waals surface area contributed by atoms with E-state index >= 15 is 0 Å². The van der Waals surface area contributed by atoms with Gasteiger partial charge in [-0.15, -0.1) is 6.58 Å². The van der Waals surface area contributed by atoms with Crippen LogP contribution in [0, 0.1) is 0 Å². The van der Waals surface area contributed by atoms with Crippen LogP contribution < -0.4 is 0 Å². The van der Waals surface area contributed by atoms with Crippen LogP contribution in [0.2, 0.25) is 6.04 Å². The van der Waals surface area contributed by atoms with Gasteiger partial charge in [0.1, 0.15) is 5.60 Å². The highest BCUT2D eigenvalue weighted by Crippen LogP contribution is 2.52. The molecule has 0 aromatic rings. The number of rotatable bonds is 9. The molecule has 1 saturated heterocycles. The summed E-state index contributed by atoms with van der Waals surface area (Å²) in [5.74, 6) is -0.457. The maximum atomic E-state index is 12.1. The lowest BCUT2D eigenvalue weighted by Gasteiger charge is -2.57. The third-order valence-electron chi connectivity index (χ3n) is 4.98. The fraction of sp³-hybridized carbons (Fsp3) is 0.706. The Morgan fingerprint density at radius 1 is 1.26 bits per heavy atom. The molecule has 0 spiro atoms. The van der Waals surface area contributed by atoms with Crippen molar-refractivity contribution in [2.24, 2.45) is 0 Å². The predicted octanol–water partition coefficient (Wildman–Crippen LogP) is 3.28. The number of esters is 1. The van der Waals surface area contributed by atoms with Gasteiger partial charge in [0.15, 0.2) is 5.22 Å². The van der Waals surface area contributed by atoms with Gasteiger partial charge in [0, 0.05) is 33.8 Å². The molecule has 1 aliphatic rings. The van der Waals surface area contributed by atoms with Crippen molar-refractivity contribution >= 4 is 14.5 Å². The molecular formula is C17H30O5Si. The second kappa shape index (κ2) is 8.24. The minimum atomic E-state index is -2.77. The molecule has 0 saturated carbocycles. The highest BCUT2D eigenvalue weighted by Gasteiger charge is 2.71. The first kappa shape index (κ1) is 20.1. The molecule has 0 N–H and O–H groups in total. The van der Waals surface area contributed by atoms with Crippen LogP contribution in [0.4, 0.5) is 0 Å². The van der Waals surface area contributed by atoms with E-state index in [9.17, 15) is 4.79 Å². The van der Waals surface area contributed by atoms with Crippen LogP contribution in [0.25, 0.3) is 0 Å². The average molecular weight is 343 g/mol. The van der Waals surface area contributed by atoms with Gasteiger partial charge >= 0.3 is 14.5 Å². The summed E-state index contributed by atoms with van der Waals surface area (Å²) >= 11 is 0. The van der Waals surface area contributed by atoms with E-state index in [4.69, 9.17) is 18.3 Å². The maximum Gasteiger partial charge on any atom is 0.374 e. The van der Waals surface area contributed by atoms with Gasteiger partial charge in [0.25, 0.3) is 0 Å². The van der Waals surface area contributed by atoms with E-state index in [0.717, 1.165) is 18.9 Å². The number of methoxy groups -OCH3 is 1. The molecule has 0 aromatic heterocycles. The van der Waals surface area contributed by atoms with E-state index in [-0.39, 0.29) is 0 Å². The monoisotopic (exact) mass is 342 g/mol. The van der Waals surface area contributed by atoms with Gasteiger partial charge in [0.05, 0.1) is 0 Å². The van der Waals surface area contributed by atoms with Crippen LogP contribution >= 0.6 is 0 Å². The Kier molecular flexibility index (Phi) is 7.19. The van der Waals surface area contributed by atoms with Crippen molar-refractivity contribution in [2.75, 3.05) is 21.3 Å². The summed E-state index contributed by atoms with van der Waals surface area (Å²) in [4.78, 5) is 12.1. The fourth-order valence-corrected chi connectivity index (χ4v) is 8.29. The average Bonchev–Trinajstić information content (AvgIpc) is 2.56. The van der Waals surface area contributed by atoms with E-state index in [0.29, 0.717) is 19.3 Å². The largest absolute Gasteiger partial charge is 0.453 e. The topological polar surface area (TPSA) is 54.0 Å². The summed E-state index contributed by atoms with van der Waals surface area (Å²) in [6.07, 6.45) is 6.54. The second-order valence-electron chi connectivity index (χ2n) is 5.91. The van der Waals surface area contributed by atoms with Crippen molar-refractivity contribution in [3.63, 3.8) is 0 Å². The van der Waals surface area contributed by atoms with Gasteiger partial charge in [-0.1, -0.05) is 26.0 Å². The predicted molar refractivity (Wildman–Crippen MR) is 92.3 cm³/mol. The Hall–Kier alpha value is -0.953. The van der Waals surface area contributed by atoms with Crippen molar-refractivity contribution in [1.29, 1.82) is 0 Å². The molecule has 0 radical (unpaired) electrons. The quantitative estimate of drug-likeness (QED) is 0.278. The molecular weight excluding hydrogens is 312 g/mol. The highest BCUT2D eigenvalue weighted by atomic mass is 28.4. The lowest BCUT2D eigenvalue weighted by Crippen LogP contribution is -2.76. The van der Waals surface area contributed by atoms with E-state index in [1.807, 2.05) is 0 Å². The zero-order chi connectivity index (χ0) is 17.6. The Balaban J connectivity index is 3.56. The Labute approximate surface area is 140 Å². The first-order valence-corrected chi connectivity index (χ1v) is 10.1. The molecule has 23 heavy (non-hydrogen) atoms. The fourth-order valence-electron chi connectivity index (χ4n) is 4.10. The van der Waals surface area contributed by atoms with E-state index in [1.54, 1.807) is 27.4 Å². The minimum absolute atomic E-state index is 0.457. The van der Waals surface area contributed by atoms with Crippen molar-refractivity contribution in [1.82, 2.24) is 0 Å². The van der Waals surface area contributed by atoms with Crippen LogP contribution in [-0.4, -0.2) is 46.7 Å². The summed E-state index contributed by atoms with van der Waals surface area (Å²) in [5.41, 5.74) is -0.846. The summed E-state index contributed by atoms with van der Waals surface area (Å²) in [6, 6.07) is 0.804. The van der Waals surface area contributed by atoms with E-state index < -0.39 is 25.4 Å². The smallest absolute Gasteiger partial charge is 0.374 e. The minimum Gasteiger partial charge on any atom is -0.453 e. The van der Waals surface area contributed by atoms with Crippen LogP contribution in [0.1, 0.15) is 39.0 Å². The van der Waals surface area contributed by atoms with Gasteiger partial charge in [-0.2, -0.15) is 0 Å². The molecule has 132 valence electrons. The molecule has 0 aromatic carbocycles. The first-order chi connectivity index (χ1) is 11.0. The van der Waals surface area contributed by atoms with Gasteiger partial charge in [-0.05, 0) is 25.3 Å². The Morgan fingerprint density at radius 2 is 1.91 bits per heavy atom. The molecule has 0 aliphatic carbocycles. The first-order valence-electron chi connectivity index (χ1n) is 8.08. The number of hydrogen-bond acceptors (Lipinski definition) is 5. The number of ether oxygens (including phenoxy) is 2. The normalized spacial score (nSPS) is 29.7. The maximum absolute atomic E-state index is 12.1. The molecule has 1 rings (SSSR count). The summed E-state index contributed by atoms with van der Waals surface area (Å²) in [6.45, 7) is 9.45. The zero-order valence-electron chi connectivity index (χ0n) is 14.9. The summed E-state index contributed by atoms with van der Waals surface area (Å²) in [5, 5.41) is -0.788. The molecule has 6 heteroatoms. The van der Waals surface area contributed by atoms with Crippen LogP contribution in [-0.2, 0) is 23.1 Å². The lowest BCUT2D eigenvalue weighted by molar-refractivity contribution is -0.196. The number of hydrogen-bond donors (Lipinski definition) is 0. The molecule has 5 nitrogen and oxygen atoms in total. The van der Waals surface area contributed by atoms with Gasteiger partial charge in [-0.3, -0.25) is 0 Å². The molecule has 2 unspecified atom stereocenters. The van der Waals surface area contributed by atoms with Crippen LogP contribution in [0.15, 0.2) is 25.3 Å². The molecule has 1 heterocycles. The highest BCUT2D eigenvalue weighted by molar-refractivity contribution is 6.71. The molecule has 0 bridgehead atoms. The molecule has 1 aliphatic heterocycles. The summed E-state index contributed by atoms with van der Waals surface area (Å²) in [7, 11) is 2.22. The number of carbonyl (C=O) groups excluding carboxylic acids is 1. The molecule has 0 amide bonds. The van der Waals surface area contributed by atoms with Crippen molar-refractivity contribution in [3.05, 3.63) is 25.3 Å². The Bertz CT molecular complexity index is 435. The number of carbonyl (C=O) groups is 1. The Morgan fingerprint density at radius 3 is 2.35 bits per heavy atom. The third kappa shape index (κ3) is 3.17. The second-order valence-corrected chi connectivity index (χ2v) is 9.54. The van der Waals surface area contributed by atoms with E-state index in [2.05, 4.69) is 20.1 Å². The van der Waals surface area contributed by atoms with Crippen molar-refractivity contribution in [3.8, 4) is 0 Å². The molecule has 1 fully saturated rings. The van der Waals surface area contributed by atoms with Crippen LogP contribution in [0.3, 0.4) is 0 Å². The van der Waals surface area contributed by atoms with E-state index in [1.165, 1.54) is 6.08 Å².